The van der Waals surface area contributed by atoms with Gasteiger partial charge >= 0.3 is 0 Å². The first-order chi connectivity index (χ1) is 29.3. The molecule has 61 heavy (non-hydrogen) atoms. The van der Waals surface area contributed by atoms with Crippen LogP contribution in [0.2, 0.25) is 0 Å². The third-order valence-electron chi connectivity index (χ3n) is 12.1. The lowest BCUT2D eigenvalue weighted by atomic mass is 9.73. The zero-order valence-corrected chi connectivity index (χ0v) is 35.9. The first kappa shape index (κ1) is 41.2. The number of amides is 2. The minimum absolute atomic E-state index is 0.143. The Morgan fingerprint density at radius 2 is 1.13 bits per heavy atom. The van der Waals surface area contributed by atoms with Gasteiger partial charge in [0.05, 0.1) is 69.1 Å². The SMILES string of the molecule is CCC(C)(COc1cc2c(cc1OC)C(=O)N1C=C(c3ccc(N)cc3)CC1C=N2)CC(C)(C)COc1cc2c(cc1OC)C(=O)N1C=C(c3ccc(OC)cc3)CC1C=N2. The molecule has 0 radical (unpaired) electrons. The summed E-state index contributed by atoms with van der Waals surface area (Å²) in [5.74, 6) is 2.47. The summed E-state index contributed by atoms with van der Waals surface area (Å²) in [5.41, 5.74) is 12.2. The van der Waals surface area contributed by atoms with Crippen LogP contribution in [0.5, 0.6) is 28.7 Å². The number of nitrogens with two attached hydrogens (primary N) is 1. The molecule has 0 fully saturated rings. The Labute approximate surface area is 357 Å². The number of nitrogens with zero attached hydrogens (tertiary/aromatic N) is 4. The Morgan fingerprint density at radius 3 is 1.59 bits per heavy atom. The van der Waals surface area contributed by atoms with E-state index in [4.69, 9.17) is 39.4 Å². The molecule has 12 nitrogen and oxygen atoms in total. The summed E-state index contributed by atoms with van der Waals surface area (Å²) in [6.45, 7) is 9.47. The van der Waals surface area contributed by atoms with Crippen molar-refractivity contribution in [3.05, 3.63) is 107 Å². The normalized spacial score (nSPS) is 18.8. The van der Waals surface area contributed by atoms with Crippen LogP contribution in [0.4, 0.5) is 17.1 Å². The van der Waals surface area contributed by atoms with Gasteiger partial charge in [-0.1, -0.05) is 52.0 Å². The van der Waals surface area contributed by atoms with Crippen molar-refractivity contribution < 1.29 is 33.3 Å². The highest BCUT2D eigenvalue weighted by molar-refractivity contribution is 6.06. The predicted molar refractivity (Wildman–Crippen MR) is 239 cm³/mol. The lowest BCUT2D eigenvalue weighted by Crippen LogP contribution is -2.34. The molecule has 2 amide bonds. The van der Waals surface area contributed by atoms with E-state index in [-0.39, 0.29) is 34.7 Å². The zero-order valence-electron chi connectivity index (χ0n) is 35.9. The summed E-state index contributed by atoms with van der Waals surface area (Å²) in [6.07, 6.45) is 10.4. The second-order valence-electron chi connectivity index (χ2n) is 17.3. The topological polar surface area (TPSA) is 138 Å². The van der Waals surface area contributed by atoms with E-state index in [2.05, 4.69) is 27.7 Å². The molecule has 2 N–H and O–H groups in total. The molecule has 0 aliphatic carbocycles. The summed E-state index contributed by atoms with van der Waals surface area (Å²) in [6, 6.07) is 22.2. The van der Waals surface area contributed by atoms with Crippen molar-refractivity contribution in [3.63, 3.8) is 0 Å². The van der Waals surface area contributed by atoms with Crippen LogP contribution in [-0.4, -0.2) is 80.7 Å². The van der Waals surface area contributed by atoms with E-state index in [9.17, 15) is 9.59 Å². The Kier molecular flexibility index (Phi) is 11.1. The molecule has 0 aromatic heterocycles. The van der Waals surface area contributed by atoms with E-state index in [0.717, 1.165) is 40.9 Å². The highest BCUT2D eigenvalue weighted by atomic mass is 16.5. The smallest absolute Gasteiger partial charge is 0.260 e. The van der Waals surface area contributed by atoms with Crippen molar-refractivity contribution >= 4 is 52.5 Å². The van der Waals surface area contributed by atoms with Gasteiger partial charge in [-0.2, -0.15) is 0 Å². The number of methoxy groups -OCH3 is 3. The fourth-order valence-electron chi connectivity index (χ4n) is 8.65. The van der Waals surface area contributed by atoms with Crippen molar-refractivity contribution in [2.75, 3.05) is 40.3 Å². The van der Waals surface area contributed by atoms with Crippen LogP contribution in [-0.2, 0) is 0 Å². The molecular weight excluding hydrogens is 771 g/mol. The summed E-state index contributed by atoms with van der Waals surface area (Å²) in [5, 5.41) is 0. The number of aliphatic imine (C=N–C) groups is 2. The van der Waals surface area contributed by atoms with Crippen LogP contribution in [0, 0.1) is 10.8 Å². The van der Waals surface area contributed by atoms with E-state index < -0.39 is 0 Å². The van der Waals surface area contributed by atoms with Crippen LogP contribution in [0.1, 0.15) is 85.2 Å². The third kappa shape index (κ3) is 8.31. The summed E-state index contributed by atoms with van der Waals surface area (Å²) in [4.78, 5) is 40.9. The van der Waals surface area contributed by atoms with Crippen LogP contribution in [0.3, 0.4) is 0 Å². The Hall–Kier alpha value is -6.56. The minimum Gasteiger partial charge on any atom is -0.497 e. The number of anilines is 1. The maximum atomic E-state index is 13.9. The maximum absolute atomic E-state index is 13.9. The van der Waals surface area contributed by atoms with Gasteiger partial charge in [-0.3, -0.25) is 19.6 Å². The number of hydrogen-bond acceptors (Lipinski definition) is 10. The molecule has 4 aromatic rings. The number of hydrogen-bond donors (Lipinski definition) is 1. The Balaban J connectivity index is 0.933. The second kappa shape index (κ2) is 16.5. The number of fused-ring (bicyclic) bond motifs is 4. The van der Waals surface area contributed by atoms with Crippen molar-refractivity contribution in [3.8, 4) is 28.7 Å². The van der Waals surface area contributed by atoms with Gasteiger partial charge in [-0.05, 0) is 76.9 Å². The lowest BCUT2D eigenvalue weighted by Gasteiger charge is -2.37. The van der Waals surface area contributed by atoms with Crippen molar-refractivity contribution in [2.45, 2.75) is 65.5 Å². The molecule has 4 aromatic carbocycles. The van der Waals surface area contributed by atoms with E-state index in [1.54, 1.807) is 55.4 Å². The number of carbonyl (C=O) groups is 2. The highest BCUT2D eigenvalue weighted by Gasteiger charge is 2.37. The van der Waals surface area contributed by atoms with Gasteiger partial charge in [-0.15, -0.1) is 0 Å². The lowest BCUT2D eigenvalue weighted by molar-refractivity contribution is 0.0650. The molecule has 8 rings (SSSR count). The van der Waals surface area contributed by atoms with E-state index in [1.165, 1.54) is 0 Å². The molecule has 3 atom stereocenters. The van der Waals surface area contributed by atoms with Crippen LogP contribution < -0.4 is 29.4 Å². The summed E-state index contributed by atoms with van der Waals surface area (Å²) < 4.78 is 29.9. The summed E-state index contributed by atoms with van der Waals surface area (Å²) >= 11 is 0. The predicted octanol–water partition coefficient (Wildman–Crippen LogP) is 9.53. The van der Waals surface area contributed by atoms with Gasteiger partial charge < -0.3 is 39.2 Å². The average molecular weight is 824 g/mol. The standard InChI is InChI=1S/C49H53N5O7/c1-8-49(4,29-61-45-22-41-39(20-43(45)59-7)47(56)53-25-32(17-35(53)23-52-41)30-9-13-34(50)14-10-30)27-48(2,3)28-60-44-21-40-38(19-42(44)58-6)46(55)54-26-33(18-36(54)24-51-40)31-11-15-37(57-5)16-12-31/h9-16,19-26,35-36H,8,17-18,27-29,50H2,1-7H3. The van der Waals surface area contributed by atoms with Crippen LogP contribution in [0.25, 0.3) is 11.1 Å². The quantitative estimate of drug-likeness (QED) is 0.124. The minimum atomic E-state index is -0.296. The van der Waals surface area contributed by atoms with E-state index in [0.29, 0.717) is 77.2 Å². The second-order valence-corrected chi connectivity index (χ2v) is 17.3. The maximum Gasteiger partial charge on any atom is 0.260 e. The zero-order chi connectivity index (χ0) is 43.1. The van der Waals surface area contributed by atoms with Gasteiger partial charge in [0.1, 0.15) is 5.75 Å². The number of carbonyl (C=O) groups excluding carboxylic acids is 2. The number of nitrogen functional groups attached to an aromatic ring is 1. The number of rotatable bonds is 14. The van der Waals surface area contributed by atoms with E-state index in [1.807, 2.05) is 73.4 Å². The van der Waals surface area contributed by atoms with Gasteiger partial charge in [0, 0.05) is 60.9 Å². The van der Waals surface area contributed by atoms with Crippen LogP contribution >= 0.6 is 0 Å². The number of ether oxygens (including phenoxy) is 5. The molecule has 12 heteroatoms. The molecule has 4 heterocycles. The van der Waals surface area contributed by atoms with E-state index >= 15 is 0 Å². The van der Waals surface area contributed by atoms with Gasteiger partial charge in [-0.25, -0.2) is 0 Å². The Morgan fingerprint density at radius 1 is 0.656 bits per heavy atom. The molecular formula is C49H53N5O7. The molecule has 316 valence electrons. The first-order valence-electron chi connectivity index (χ1n) is 20.7. The van der Waals surface area contributed by atoms with Gasteiger partial charge in [0.15, 0.2) is 23.0 Å². The fourth-order valence-corrected chi connectivity index (χ4v) is 8.65. The van der Waals surface area contributed by atoms with Gasteiger partial charge in [0.2, 0.25) is 0 Å². The molecule has 0 bridgehead atoms. The monoisotopic (exact) mass is 823 g/mol. The molecule has 0 saturated heterocycles. The first-order valence-corrected chi connectivity index (χ1v) is 20.7. The molecule has 4 aliphatic heterocycles. The molecule has 0 spiro atoms. The highest BCUT2D eigenvalue weighted by Crippen LogP contribution is 2.44. The van der Waals surface area contributed by atoms with Crippen LogP contribution in [0.15, 0.2) is 95.2 Å². The summed E-state index contributed by atoms with van der Waals surface area (Å²) in [7, 11) is 4.80. The van der Waals surface area contributed by atoms with Crippen molar-refractivity contribution in [2.24, 2.45) is 20.8 Å². The average Bonchev–Trinajstić information content (AvgIpc) is 3.85. The molecule has 0 saturated carbocycles. The van der Waals surface area contributed by atoms with Gasteiger partial charge in [0.25, 0.3) is 11.8 Å². The van der Waals surface area contributed by atoms with Crippen molar-refractivity contribution in [1.82, 2.24) is 9.80 Å². The largest absolute Gasteiger partial charge is 0.497 e. The Bertz CT molecular complexity index is 2470. The van der Waals surface area contributed by atoms with Crippen molar-refractivity contribution in [1.29, 1.82) is 0 Å². The third-order valence-corrected chi connectivity index (χ3v) is 12.1. The molecule has 4 aliphatic rings. The fraction of sp³-hybridized carbons (Fsp3) is 0.347. The number of benzene rings is 4. The molecule has 3 unspecified atom stereocenters.